The molecule has 0 bridgehead atoms. The Kier molecular flexibility index (Phi) is 4.62. The predicted molar refractivity (Wildman–Crippen MR) is 70.4 cm³/mol. The van der Waals surface area contributed by atoms with E-state index in [1.54, 1.807) is 25.2 Å². The van der Waals surface area contributed by atoms with E-state index < -0.39 is 4.33 Å². The van der Waals surface area contributed by atoms with Gasteiger partial charge in [-0.05, 0) is 24.6 Å². The summed E-state index contributed by atoms with van der Waals surface area (Å²) < 4.78 is -0.788. The molecule has 1 aromatic rings. The number of nitrogens with zero attached hydrogens (tertiary/aromatic N) is 1. The SMILES string of the molecule is CC(Cl)(Cl)Cc1ccc(NC(=N)NC#N)cc1. The summed E-state index contributed by atoms with van der Waals surface area (Å²) in [5.74, 6) is -0.0697. The highest BCUT2D eigenvalue weighted by Crippen LogP contribution is 2.25. The van der Waals surface area contributed by atoms with E-state index in [1.165, 1.54) is 0 Å². The van der Waals surface area contributed by atoms with Crippen molar-refractivity contribution in [3.05, 3.63) is 29.8 Å². The molecule has 0 atom stereocenters. The molecule has 0 saturated heterocycles. The monoisotopic (exact) mass is 270 g/mol. The van der Waals surface area contributed by atoms with E-state index in [0.717, 1.165) is 5.56 Å². The van der Waals surface area contributed by atoms with Gasteiger partial charge in [-0.2, -0.15) is 5.26 Å². The fourth-order valence-corrected chi connectivity index (χ4v) is 1.60. The van der Waals surface area contributed by atoms with Gasteiger partial charge in [0.1, 0.15) is 4.33 Å². The molecule has 90 valence electrons. The number of hydrogen-bond acceptors (Lipinski definition) is 2. The van der Waals surface area contributed by atoms with Gasteiger partial charge in [0, 0.05) is 12.1 Å². The van der Waals surface area contributed by atoms with Crippen LogP contribution in [0.5, 0.6) is 0 Å². The van der Waals surface area contributed by atoms with Crippen LogP contribution in [0.1, 0.15) is 12.5 Å². The third-order valence-electron chi connectivity index (χ3n) is 1.92. The first-order chi connectivity index (χ1) is 7.90. The number of nitriles is 1. The van der Waals surface area contributed by atoms with Crippen LogP contribution in [0.2, 0.25) is 0 Å². The molecule has 0 aliphatic carbocycles. The van der Waals surface area contributed by atoms with Crippen molar-refractivity contribution in [1.82, 2.24) is 5.32 Å². The molecule has 0 unspecified atom stereocenters. The molecule has 17 heavy (non-hydrogen) atoms. The average molecular weight is 271 g/mol. The van der Waals surface area contributed by atoms with Crippen LogP contribution in [-0.2, 0) is 6.42 Å². The van der Waals surface area contributed by atoms with E-state index in [-0.39, 0.29) is 5.96 Å². The van der Waals surface area contributed by atoms with Crippen molar-refractivity contribution in [2.24, 2.45) is 0 Å². The van der Waals surface area contributed by atoms with E-state index in [0.29, 0.717) is 12.1 Å². The van der Waals surface area contributed by atoms with Crippen molar-refractivity contribution in [3.63, 3.8) is 0 Å². The Balaban J connectivity index is 2.63. The molecule has 0 radical (unpaired) electrons. The lowest BCUT2D eigenvalue weighted by Gasteiger charge is -2.13. The van der Waals surface area contributed by atoms with Gasteiger partial charge in [0.2, 0.25) is 5.96 Å². The van der Waals surface area contributed by atoms with Gasteiger partial charge in [0.15, 0.2) is 6.19 Å². The summed E-state index contributed by atoms with van der Waals surface area (Å²) in [5, 5.41) is 20.6. The third kappa shape index (κ3) is 5.43. The van der Waals surface area contributed by atoms with Crippen molar-refractivity contribution in [2.45, 2.75) is 17.7 Å². The maximum absolute atomic E-state index is 8.32. The molecular formula is C11H12Cl2N4. The van der Waals surface area contributed by atoms with Gasteiger partial charge < -0.3 is 5.32 Å². The highest BCUT2D eigenvalue weighted by molar-refractivity contribution is 6.48. The maximum Gasteiger partial charge on any atom is 0.206 e. The van der Waals surface area contributed by atoms with Crippen molar-refractivity contribution in [1.29, 1.82) is 10.7 Å². The highest BCUT2D eigenvalue weighted by Gasteiger charge is 2.16. The topological polar surface area (TPSA) is 71.7 Å². The van der Waals surface area contributed by atoms with Gasteiger partial charge in [-0.1, -0.05) is 12.1 Å². The number of benzene rings is 1. The van der Waals surface area contributed by atoms with Crippen LogP contribution in [0.15, 0.2) is 24.3 Å². The van der Waals surface area contributed by atoms with Gasteiger partial charge in [-0.25, -0.2) is 0 Å². The second kappa shape index (κ2) is 5.76. The second-order valence-electron chi connectivity index (χ2n) is 3.68. The normalized spacial score (nSPS) is 10.5. The van der Waals surface area contributed by atoms with Crippen LogP contribution < -0.4 is 10.6 Å². The lowest BCUT2D eigenvalue weighted by molar-refractivity contribution is 0.853. The Morgan fingerprint density at radius 1 is 1.41 bits per heavy atom. The van der Waals surface area contributed by atoms with E-state index in [4.69, 9.17) is 33.9 Å². The Hall–Kier alpha value is -1.44. The largest absolute Gasteiger partial charge is 0.326 e. The predicted octanol–water partition coefficient (Wildman–Crippen LogP) is 2.84. The van der Waals surface area contributed by atoms with Crippen LogP contribution in [0, 0.1) is 16.9 Å². The first-order valence-electron chi connectivity index (χ1n) is 4.88. The minimum absolute atomic E-state index is 0.0697. The molecule has 1 rings (SSSR count). The zero-order chi connectivity index (χ0) is 12.9. The first kappa shape index (κ1) is 13.6. The maximum atomic E-state index is 8.32. The number of nitrogens with one attached hydrogen (secondary N) is 3. The second-order valence-corrected chi connectivity index (χ2v) is 5.54. The fourth-order valence-electron chi connectivity index (χ4n) is 1.30. The number of halogens is 2. The molecule has 0 spiro atoms. The molecule has 1 aromatic carbocycles. The molecule has 0 aliphatic heterocycles. The molecule has 3 N–H and O–H groups in total. The van der Waals surface area contributed by atoms with Crippen LogP contribution in [0.3, 0.4) is 0 Å². The molecule has 0 amide bonds. The molecule has 0 saturated carbocycles. The summed E-state index contributed by atoms with van der Waals surface area (Å²) in [5.41, 5.74) is 1.72. The molecule has 0 heterocycles. The van der Waals surface area contributed by atoms with Crippen LogP contribution in [-0.4, -0.2) is 10.3 Å². The van der Waals surface area contributed by atoms with Gasteiger partial charge >= 0.3 is 0 Å². The lowest BCUT2D eigenvalue weighted by atomic mass is 10.1. The van der Waals surface area contributed by atoms with E-state index in [2.05, 4.69) is 10.6 Å². The van der Waals surface area contributed by atoms with E-state index >= 15 is 0 Å². The van der Waals surface area contributed by atoms with Gasteiger partial charge in [0.05, 0.1) is 0 Å². The summed E-state index contributed by atoms with van der Waals surface area (Å²) >= 11 is 11.8. The Morgan fingerprint density at radius 2 is 2.00 bits per heavy atom. The molecule has 0 aromatic heterocycles. The number of alkyl halides is 2. The van der Waals surface area contributed by atoms with Crippen LogP contribution >= 0.6 is 23.2 Å². The summed E-state index contributed by atoms with van der Waals surface area (Å²) in [6, 6.07) is 7.32. The number of hydrogen-bond donors (Lipinski definition) is 3. The average Bonchev–Trinajstić information content (AvgIpc) is 2.19. The summed E-state index contributed by atoms with van der Waals surface area (Å²) in [6.07, 6.45) is 2.20. The summed E-state index contributed by atoms with van der Waals surface area (Å²) in [7, 11) is 0. The van der Waals surface area contributed by atoms with Crippen LogP contribution in [0.25, 0.3) is 0 Å². The molecule has 0 aliphatic rings. The van der Waals surface area contributed by atoms with E-state index in [9.17, 15) is 0 Å². The first-order valence-corrected chi connectivity index (χ1v) is 5.64. The lowest BCUT2D eigenvalue weighted by Crippen LogP contribution is -2.25. The molecule has 0 fully saturated rings. The number of anilines is 1. The van der Waals surface area contributed by atoms with Crippen molar-refractivity contribution < 1.29 is 0 Å². The molecule has 6 heteroatoms. The van der Waals surface area contributed by atoms with Gasteiger partial charge in [-0.3, -0.25) is 10.7 Å². The van der Waals surface area contributed by atoms with Gasteiger partial charge in [0.25, 0.3) is 0 Å². The third-order valence-corrected chi connectivity index (χ3v) is 2.19. The smallest absolute Gasteiger partial charge is 0.206 e. The fraction of sp³-hybridized carbons (Fsp3) is 0.273. The quantitative estimate of drug-likeness (QED) is 0.260. The highest BCUT2D eigenvalue weighted by atomic mass is 35.5. The van der Waals surface area contributed by atoms with Gasteiger partial charge in [-0.15, -0.1) is 23.2 Å². The molecule has 4 nitrogen and oxygen atoms in total. The zero-order valence-electron chi connectivity index (χ0n) is 9.22. The minimum Gasteiger partial charge on any atom is -0.326 e. The summed E-state index contributed by atoms with van der Waals surface area (Å²) in [4.78, 5) is 0. The van der Waals surface area contributed by atoms with E-state index in [1.807, 2.05) is 12.1 Å². The van der Waals surface area contributed by atoms with Crippen LogP contribution in [0.4, 0.5) is 5.69 Å². The van der Waals surface area contributed by atoms with Crippen molar-refractivity contribution in [2.75, 3.05) is 5.32 Å². The minimum atomic E-state index is -0.788. The zero-order valence-corrected chi connectivity index (χ0v) is 10.7. The Morgan fingerprint density at radius 3 is 2.47 bits per heavy atom. The number of guanidine groups is 1. The Labute approximate surface area is 110 Å². The standard InChI is InChI=1S/C11H12Cl2N4/c1-11(12,13)6-8-2-4-9(5-3-8)17-10(15)16-7-14/h2-5H,6H2,1H3,(H3,15,16,17). The number of rotatable bonds is 3. The summed E-state index contributed by atoms with van der Waals surface area (Å²) in [6.45, 7) is 1.73. The van der Waals surface area contributed by atoms with Crippen molar-refractivity contribution >= 4 is 34.8 Å². The van der Waals surface area contributed by atoms with Crippen molar-refractivity contribution in [3.8, 4) is 6.19 Å². The molecular weight excluding hydrogens is 259 g/mol. The Bertz CT molecular complexity index is 428.